The average Bonchev–Trinajstić information content (AvgIpc) is 3.19. The number of hydrogen-bond acceptors (Lipinski definition) is 3. The number of aromatic nitrogens is 1. The summed E-state index contributed by atoms with van der Waals surface area (Å²) in [7, 11) is 0. The van der Waals surface area contributed by atoms with Gasteiger partial charge in [-0.05, 0) is 32.1 Å². The number of nitrogens with zero attached hydrogens (tertiary/aromatic N) is 1. The van der Waals surface area contributed by atoms with Crippen LogP contribution in [-0.2, 0) is 13.0 Å². The van der Waals surface area contributed by atoms with Gasteiger partial charge in [-0.15, -0.1) is 11.3 Å². The van der Waals surface area contributed by atoms with Crippen molar-refractivity contribution in [1.82, 2.24) is 10.3 Å². The largest absolute Gasteiger partial charge is 0.309 e. The van der Waals surface area contributed by atoms with E-state index in [9.17, 15) is 0 Å². The summed E-state index contributed by atoms with van der Waals surface area (Å²) in [4.78, 5) is 6.60. The normalized spacial score (nSPS) is 21.2. The SMILES string of the molecule is CCCc1nc(C2CCCCCCC2)sc1CNC1CC1. The van der Waals surface area contributed by atoms with Gasteiger partial charge in [0.05, 0.1) is 10.7 Å². The number of thiazole rings is 1. The van der Waals surface area contributed by atoms with Crippen molar-refractivity contribution in [2.75, 3.05) is 0 Å². The molecule has 2 aliphatic rings. The fraction of sp³-hybridized carbons (Fsp3) is 0.833. The number of hydrogen-bond donors (Lipinski definition) is 1. The standard InChI is InChI=1S/C18H30N2S/c1-2-8-16-17(13-19-15-11-12-15)21-18(20-16)14-9-6-4-3-5-7-10-14/h14-15,19H,2-13H2,1H3. The van der Waals surface area contributed by atoms with E-state index in [2.05, 4.69) is 12.2 Å². The predicted octanol–water partition coefficient (Wildman–Crippen LogP) is 5.18. The summed E-state index contributed by atoms with van der Waals surface area (Å²) in [6.07, 6.45) is 15.0. The van der Waals surface area contributed by atoms with Crippen LogP contribution >= 0.6 is 11.3 Å². The number of rotatable bonds is 6. The molecule has 2 fully saturated rings. The summed E-state index contributed by atoms with van der Waals surface area (Å²) in [5, 5.41) is 5.13. The Morgan fingerprint density at radius 3 is 2.43 bits per heavy atom. The Morgan fingerprint density at radius 2 is 1.76 bits per heavy atom. The van der Waals surface area contributed by atoms with Gasteiger partial charge < -0.3 is 5.32 Å². The lowest BCUT2D eigenvalue weighted by atomic mass is 9.92. The zero-order chi connectivity index (χ0) is 14.5. The second-order valence-electron chi connectivity index (χ2n) is 6.87. The van der Waals surface area contributed by atoms with Gasteiger partial charge in [0.15, 0.2) is 0 Å². The van der Waals surface area contributed by atoms with Crippen LogP contribution in [0, 0.1) is 0 Å². The van der Waals surface area contributed by atoms with Crippen LogP contribution in [0.5, 0.6) is 0 Å². The molecule has 1 aromatic rings. The first-order chi connectivity index (χ1) is 10.4. The molecule has 2 aliphatic carbocycles. The van der Waals surface area contributed by atoms with Gasteiger partial charge in [-0.1, -0.05) is 45.4 Å². The van der Waals surface area contributed by atoms with E-state index in [1.54, 1.807) is 0 Å². The highest BCUT2D eigenvalue weighted by Crippen LogP contribution is 2.35. The number of nitrogens with one attached hydrogen (secondary N) is 1. The van der Waals surface area contributed by atoms with Crippen molar-refractivity contribution in [2.45, 2.75) is 96.1 Å². The molecule has 0 bridgehead atoms. The highest BCUT2D eigenvalue weighted by atomic mass is 32.1. The van der Waals surface area contributed by atoms with Crippen molar-refractivity contribution in [3.63, 3.8) is 0 Å². The van der Waals surface area contributed by atoms with E-state index in [1.165, 1.54) is 79.8 Å². The zero-order valence-corrected chi connectivity index (χ0v) is 14.3. The molecule has 118 valence electrons. The maximum absolute atomic E-state index is 5.07. The van der Waals surface area contributed by atoms with Gasteiger partial charge in [0.2, 0.25) is 0 Å². The molecule has 0 aromatic carbocycles. The minimum absolute atomic E-state index is 0.751. The summed E-state index contributed by atoms with van der Waals surface area (Å²) < 4.78 is 0. The Labute approximate surface area is 133 Å². The van der Waals surface area contributed by atoms with E-state index < -0.39 is 0 Å². The minimum atomic E-state index is 0.751. The molecule has 21 heavy (non-hydrogen) atoms. The van der Waals surface area contributed by atoms with Gasteiger partial charge in [0.1, 0.15) is 0 Å². The van der Waals surface area contributed by atoms with Crippen molar-refractivity contribution in [2.24, 2.45) is 0 Å². The molecule has 2 nitrogen and oxygen atoms in total. The molecule has 0 aliphatic heterocycles. The lowest BCUT2D eigenvalue weighted by molar-refractivity contribution is 0.454. The fourth-order valence-electron chi connectivity index (χ4n) is 3.38. The Bertz CT molecular complexity index is 428. The van der Waals surface area contributed by atoms with Gasteiger partial charge >= 0.3 is 0 Å². The van der Waals surface area contributed by atoms with Crippen LogP contribution in [0.25, 0.3) is 0 Å². The van der Waals surface area contributed by atoms with E-state index in [4.69, 9.17) is 4.98 Å². The molecule has 0 atom stereocenters. The van der Waals surface area contributed by atoms with E-state index in [-0.39, 0.29) is 0 Å². The second kappa shape index (κ2) is 7.73. The monoisotopic (exact) mass is 306 g/mol. The first-order valence-corrected chi connectivity index (χ1v) is 9.90. The van der Waals surface area contributed by atoms with Crippen molar-refractivity contribution in [3.8, 4) is 0 Å². The molecule has 1 heterocycles. The van der Waals surface area contributed by atoms with Crippen LogP contribution in [0.4, 0.5) is 0 Å². The summed E-state index contributed by atoms with van der Waals surface area (Å²) in [6, 6.07) is 0.798. The average molecular weight is 307 g/mol. The third-order valence-electron chi connectivity index (χ3n) is 4.86. The van der Waals surface area contributed by atoms with Gasteiger partial charge in [-0.2, -0.15) is 0 Å². The Morgan fingerprint density at radius 1 is 1.05 bits per heavy atom. The lowest BCUT2D eigenvalue weighted by Gasteiger charge is -2.17. The predicted molar refractivity (Wildman–Crippen MR) is 91.0 cm³/mol. The van der Waals surface area contributed by atoms with Crippen molar-refractivity contribution < 1.29 is 0 Å². The third kappa shape index (κ3) is 4.53. The molecule has 0 spiro atoms. The zero-order valence-electron chi connectivity index (χ0n) is 13.5. The molecule has 3 rings (SSSR count). The van der Waals surface area contributed by atoms with Crippen LogP contribution in [0.15, 0.2) is 0 Å². The maximum Gasteiger partial charge on any atom is 0.0962 e. The Kier molecular flexibility index (Phi) is 5.70. The van der Waals surface area contributed by atoms with E-state index >= 15 is 0 Å². The molecule has 1 aromatic heterocycles. The van der Waals surface area contributed by atoms with E-state index in [0.717, 1.165) is 24.9 Å². The Hall–Kier alpha value is -0.410. The highest BCUT2D eigenvalue weighted by Gasteiger charge is 2.23. The molecule has 2 saturated carbocycles. The molecular formula is C18H30N2S. The van der Waals surface area contributed by atoms with Crippen molar-refractivity contribution in [1.29, 1.82) is 0 Å². The van der Waals surface area contributed by atoms with Crippen LogP contribution < -0.4 is 5.32 Å². The van der Waals surface area contributed by atoms with Crippen LogP contribution in [0.1, 0.15) is 92.6 Å². The van der Waals surface area contributed by atoms with Gasteiger partial charge in [-0.25, -0.2) is 4.98 Å². The second-order valence-corrected chi connectivity index (χ2v) is 7.98. The lowest BCUT2D eigenvalue weighted by Crippen LogP contribution is -2.15. The quantitative estimate of drug-likeness (QED) is 0.783. The third-order valence-corrected chi connectivity index (χ3v) is 6.12. The van der Waals surface area contributed by atoms with Crippen molar-refractivity contribution in [3.05, 3.63) is 15.6 Å². The minimum Gasteiger partial charge on any atom is -0.309 e. The molecule has 0 unspecified atom stereocenters. The van der Waals surface area contributed by atoms with Crippen LogP contribution in [0.2, 0.25) is 0 Å². The highest BCUT2D eigenvalue weighted by molar-refractivity contribution is 7.11. The summed E-state index contributed by atoms with van der Waals surface area (Å²) in [5.41, 5.74) is 1.40. The van der Waals surface area contributed by atoms with E-state index in [1.807, 2.05) is 11.3 Å². The van der Waals surface area contributed by atoms with Gasteiger partial charge in [0, 0.05) is 23.4 Å². The molecule has 3 heteroatoms. The first-order valence-electron chi connectivity index (χ1n) is 9.08. The van der Waals surface area contributed by atoms with Crippen LogP contribution in [-0.4, -0.2) is 11.0 Å². The fourth-order valence-corrected chi connectivity index (χ4v) is 4.61. The number of aryl methyl sites for hydroxylation is 1. The smallest absolute Gasteiger partial charge is 0.0962 e. The molecule has 0 radical (unpaired) electrons. The maximum atomic E-state index is 5.07. The molecule has 0 amide bonds. The molecule has 1 N–H and O–H groups in total. The van der Waals surface area contributed by atoms with E-state index in [0.29, 0.717) is 0 Å². The first kappa shape index (κ1) is 15.5. The topological polar surface area (TPSA) is 24.9 Å². The summed E-state index contributed by atoms with van der Waals surface area (Å²) in [5.74, 6) is 0.751. The van der Waals surface area contributed by atoms with Gasteiger partial charge in [0.25, 0.3) is 0 Å². The summed E-state index contributed by atoms with van der Waals surface area (Å²) in [6.45, 7) is 3.33. The summed E-state index contributed by atoms with van der Waals surface area (Å²) >= 11 is 2.02. The van der Waals surface area contributed by atoms with Gasteiger partial charge in [-0.3, -0.25) is 0 Å². The van der Waals surface area contributed by atoms with Crippen LogP contribution in [0.3, 0.4) is 0 Å². The Balaban J connectivity index is 1.68. The molecular weight excluding hydrogens is 276 g/mol. The molecule has 0 saturated heterocycles. The van der Waals surface area contributed by atoms with Crippen molar-refractivity contribution >= 4 is 11.3 Å².